The van der Waals surface area contributed by atoms with Gasteiger partial charge in [0.05, 0.1) is 5.69 Å². The molecule has 2 aliphatic rings. The molecule has 1 aliphatic heterocycles. The van der Waals surface area contributed by atoms with E-state index >= 15 is 0 Å². The van der Waals surface area contributed by atoms with E-state index < -0.39 is 0 Å². The molecule has 0 aromatic carbocycles. The molecule has 0 bridgehead atoms. The number of likely N-dealkylation sites (tertiary alicyclic amines) is 1. The zero-order chi connectivity index (χ0) is 14.9. The number of hydrogen-bond acceptors (Lipinski definition) is 3. The van der Waals surface area contributed by atoms with Crippen LogP contribution in [0, 0.1) is 6.92 Å². The zero-order valence-corrected chi connectivity index (χ0v) is 13.6. The molecule has 1 aromatic heterocycles. The summed E-state index contributed by atoms with van der Waals surface area (Å²) < 4.78 is 2.01. The summed E-state index contributed by atoms with van der Waals surface area (Å²) in [7, 11) is 2.04. The predicted octanol–water partition coefficient (Wildman–Crippen LogP) is 2.40. The number of rotatable bonds is 4. The zero-order valence-electron chi connectivity index (χ0n) is 13.6. The summed E-state index contributed by atoms with van der Waals surface area (Å²) in [4.78, 5) is 2.73. The maximum atomic E-state index is 6.77. The third-order valence-corrected chi connectivity index (χ3v) is 5.67. The summed E-state index contributed by atoms with van der Waals surface area (Å²) in [6.07, 6.45) is 10.3. The summed E-state index contributed by atoms with van der Waals surface area (Å²) in [5.74, 6) is 0. The lowest BCUT2D eigenvalue weighted by atomic mass is 9.82. The fraction of sp³-hybridized carbons (Fsp3) is 0.824. The highest BCUT2D eigenvalue weighted by Gasteiger charge is 2.44. The van der Waals surface area contributed by atoms with Crippen LogP contribution in [-0.4, -0.2) is 39.4 Å². The molecule has 2 heterocycles. The fourth-order valence-corrected chi connectivity index (χ4v) is 4.52. The van der Waals surface area contributed by atoms with E-state index in [4.69, 9.17) is 5.73 Å². The highest BCUT2D eigenvalue weighted by molar-refractivity contribution is 5.14. The largest absolute Gasteiger partial charge is 0.326 e. The van der Waals surface area contributed by atoms with Crippen LogP contribution in [0.15, 0.2) is 6.07 Å². The first-order valence-corrected chi connectivity index (χ1v) is 8.62. The Kier molecular flexibility index (Phi) is 4.36. The average Bonchev–Trinajstić information content (AvgIpc) is 3.08. The Morgan fingerprint density at radius 2 is 1.86 bits per heavy atom. The number of aromatic nitrogens is 2. The van der Waals surface area contributed by atoms with Gasteiger partial charge in [-0.1, -0.05) is 19.3 Å². The molecule has 0 amide bonds. The lowest BCUT2D eigenvalue weighted by Gasteiger charge is -2.47. The summed E-state index contributed by atoms with van der Waals surface area (Å²) in [5.41, 5.74) is 9.40. The minimum absolute atomic E-state index is 0.230. The van der Waals surface area contributed by atoms with Gasteiger partial charge in [-0.2, -0.15) is 5.10 Å². The van der Waals surface area contributed by atoms with Crippen molar-refractivity contribution in [3.05, 3.63) is 17.5 Å². The molecule has 0 radical (unpaired) electrons. The van der Waals surface area contributed by atoms with Crippen molar-refractivity contribution in [3.8, 4) is 0 Å². The molecule has 1 unspecified atom stereocenters. The van der Waals surface area contributed by atoms with Gasteiger partial charge in [-0.3, -0.25) is 9.58 Å². The van der Waals surface area contributed by atoms with E-state index in [0.29, 0.717) is 0 Å². The van der Waals surface area contributed by atoms with Crippen LogP contribution in [0.4, 0.5) is 0 Å². The molecule has 1 atom stereocenters. The van der Waals surface area contributed by atoms with Crippen molar-refractivity contribution in [3.63, 3.8) is 0 Å². The molecule has 1 saturated carbocycles. The fourth-order valence-electron chi connectivity index (χ4n) is 4.52. The third-order valence-electron chi connectivity index (χ3n) is 5.67. The van der Waals surface area contributed by atoms with Gasteiger partial charge in [-0.25, -0.2) is 0 Å². The standard InChI is InChI=1S/C17H30N4/c1-14-12-15(20(2)19-14)13-16(18)17(8-4-5-9-17)21-10-6-3-7-11-21/h12,16H,3-11,13,18H2,1-2H3. The molecule has 2 N–H and O–H groups in total. The van der Waals surface area contributed by atoms with Crippen molar-refractivity contribution in [2.45, 2.75) is 69.9 Å². The molecule has 1 aliphatic carbocycles. The second-order valence-corrected chi connectivity index (χ2v) is 7.07. The molecule has 4 heteroatoms. The first-order valence-electron chi connectivity index (χ1n) is 8.62. The van der Waals surface area contributed by atoms with Gasteiger partial charge in [-0.15, -0.1) is 0 Å². The van der Waals surface area contributed by atoms with Crippen LogP contribution in [0.2, 0.25) is 0 Å². The number of nitrogens with zero attached hydrogens (tertiary/aromatic N) is 3. The van der Waals surface area contributed by atoms with Crippen molar-refractivity contribution < 1.29 is 0 Å². The molecular formula is C17H30N4. The molecule has 0 spiro atoms. The van der Waals surface area contributed by atoms with Crippen LogP contribution in [0.1, 0.15) is 56.3 Å². The molecule has 21 heavy (non-hydrogen) atoms. The number of aryl methyl sites for hydroxylation is 2. The highest BCUT2D eigenvalue weighted by atomic mass is 15.3. The average molecular weight is 290 g/mol. The Morgan fingerprint density at radius 1 is 1.19 bits per heavy atom. The lowest BCUT2D eigenvalue weighted by Crippen LogP contribution is -2.60. The number of nitrogens with two attached hydrogens (primary N) is 1. The molecule has 118 valence electrons. The van der Waals surface area contributed by atoms with Gasteiger partial charge in [-0.05, 0) is 51.8 Å². The Hall–Kier alpha value is -0.870. The topological polar surface area (TPSA) is 47.1 Å². The van der Waals surface area contributed by atoms with Crippen LogP contribution in [-0.2, 0) is 13.5 Å². The maximum Gasteiger partial charge on any atom is 0.0596 e. The highest BCUT2D eigenvalue weighted by Crippen LogP contribution is 2.39. The second-order valence-electron chi connectivity index (χ2n) is 7.07. The molecule has 2 fully saturated rings. The molecule has 4 nitrogen and oxygen atoms in total. The first-order chi connectivity index (χ1) is 10.1. The van der Waals surface area contributed by atoms with Gasteiger partial charge in [0.15, 0.2) is 0 Å². The van der Waals surface area contributed by atoms with Crippen molar-refractivity contribution in [2.24, 2.45) is 12.8 Å². The van der Waals surface area contributed by atoms with E-state index in [1.54, 1.807) is 0 Å². The van der Waals surface area contributed by atoms with Gasteiger partial charge in [0.1, 0.15) is 0 Å². The SMILES string of the molecule is Cc1cc(CC(N)C2(N3CCCCC3)CCCC2)n(C)n1. The Labute approximate surface area is 128 Å². The summed E-state index contributed by atoms with van der Waals surface area (Å²) in [5, 5.41) is 4.47. The molecule has 1 aromatic rings. The summed E-state index contributed by atoms with van der Waals surface area (Å²) in [6.45, 7) is 4.56. The van der Waals surface area contributed by atoms with Gasteiger partial charge >= 0.3 is 0 Å². The predicted molar refractivity (Wildman–Crippen MR) is 86.2 cm³/mol. The third kappa shape index (κ3) is 2.88. The monoisotopic (exact) mass is 290 g/mol. The maximum absolute atomic E-state index is 6.77. The van der Waals surface area contributed by atoms with E-state index in [-0.39, 0.29) is 11.6 Å². The van der Waals surface area contributed by atoms with Crippen molar-refractivity contribution in [1.29, 1.82) is 0 Å². The van der Waals surface area contributed by atoms with Crippen LogP contribution >= 0.6 is 0 Å². The smallest absolute Gasteiger partial charge is 0.0596 e. The van der Waals surface area contributed by atoms with Crippen molar-refractivity contribution >= 4 is 0 Å². The van der Waals surface area contributed by atoms with Crippen LogP contribution in [0.5, 0.6) is 0 Å². The lowest BCUT2D eigenvalue weighted by molar-refractivity contribution is 0.0477. The summed E-state index contributed by atoms with van der Waals surface area (Å²) >= 11 is 0. The Balaban J connectivity index is 1.78. The van der Waals surface area contributed by atoms with E-state index in [1.165, 1.54) is 63.7 Å². The second kappa shape index (κ2) is 6.09. The first kappa shape index (κ1) is 15.0. The molecule has 1 saturated heterocycles. The molecular weight excluding hydrogens is 260 g/mol. The van der Waals surface area contributed by atoms with E-state index in [0.717, 1.165) is 12.1 Å². The van der Waals surface area contributed by atoms with E-state index in [2.05, 4.69) is 23.0 Å². The van der Waals surface area contributed by atoms with Crippen LogP contribution < -0.4 is 5.73 Å². The summed E-state index contributed by atoms with van der Waals surface area (Å²) in [6, 6.07) is 2.42. The minimum Gasteiger partial charge on any atom is -0.326 e. The van der Waals surface area contributed by atoms with Crippen molar-refractivity contribution in [2.75, 3.05) is 13.1 Å². The van der Waals surface area contributed by atoms with E-state index in [9.17, 15) is 0 Å². The van der Waals surface area contributed by atoms with E-state index in [1.807, 2.05) is 11.7 Å². The minimum atomic E-state index is 0.230. The van der Waals surface area contributed by atoms with Gasteiger partial charge < -0.3 is 5.73 Å². The normalized spacial score (nSPS) is 24.3. The quantitative estimate of drug-likeness (QED) is 0.926. The van der Waals surface area contributed by atoms with Gasteiger partial charge in [0.2, 0.25) is 0 Å². The molecule has 3 rings (SSSR count). The van der Waals surface area contributed by atoms with Gasteiger partial charge in [0.25, 0.3) is 0 Å². The Bertz CT molecular complexity index is 467. The number of hydrogen-bond donors (Lipinski definition) is 1. The Morgan fingerprint density at radius 3 is 2.43 bits per heavy atom. The van der Waals surface area contributed by atoms with Crippen molar-refractivity contribution in [1.82, 2.24) is 14.7 Å². The van der Waals surface area contributed by atoms with Crippen LogP contribution in [0.25, 0.3) is 0 Å². The number of piperidine rings is 1. The van der Waals surface area contributed by atoms with Crippen LogP contribution in [0.3, 0.4) is 0 Å². The van der Waals surface area contributed by atoms with Gasteiger partial charge in [0, 0.05) is 30.7 Å².